The van der Waals surface area contributed by atoms with E-state index in [1.807, 2.05) is 78.9 Å². The number of thioether (sulfide) groups is 1. The van der Waals surface area contributed by atoms with Crippen LogP contribution in [0.15, 0.2) is 78.9 Å². The third kappa shape index (κ3) is 4.64. The van der Waals surface area contributed by atoms with Crippen LogP contribution in [-0.2, 0) is 5.75 Å². The normalized spacial score (nSPS) is 10.3. The summed E-state index contributed by atoms with van der Waals surface area (Å²) < 4.78 is 5.88. The Bertz CT molecular complexity index is 832. The van der Waals surface area contributed by atoms with Gasteiger partial charge in [0.15, 0.2) is 5.75 Å². The maximum Gasteiger partial charge on any atom is 0.255 e. The summed E-state index contributed by atoms with van der Waals surface area (Å²) in [5.74, 6) is 2.13. The summed E-state index contributed by atoms with van der Waals surface area (Å²) in [7, 11) is 0. The van der Waals surface area contributed by atoms with Crippen molar-refractivity contribution < 1.29 is 9.53 Å². The van der Waals surface area contributed by atoms with Gasteiger partial charge in [0.25, 0.3) is 5.91 Å². The average Bonchev–Trinajstić information content (AvgIpc) is 2.65. The van der Waals surface area contributed by atoms with Crippen molar-refractivity contribution in [3.63, 3.8) is 0 Å². The van der Waals surface area contributed by atoms with E-state index in [0.29, 0.717) is 17.0 Å². The first-order chi connectivity index (χ1) is 12.3. The van der Waals surface area contributed by atoms with Crippen LogP contribution in [-0.4, -0.2) is 12.2 Å². The molecular weight excluding hydrogens is 330 g/mol. The fourth-order valence-corrected chi connectivity index (χ4v) is 2.91. The second-order valence-corrected chi connectivity index (χ2v) is 6.36. The summed E-state index contributed by atoms with van der Waals surface area (Å²) in [6.45, 7) is 0. The van der Waals surface area contributed by atoms with E-state index < -0.39 is 0 Å². The lowest BCUT2D eigenvalue weighted by Gasteiger charge is -2.12. The first kappa shape index (κ1) is 17.1. The number of para-hydroxylation sites is 3. The minimum Gasteiger partial charge on any atom is -0.455 e. The molecule has 126 valence electrons. The SMILES string of the molecule is CSCc1ccc(C(=O)Nc2ccccc2Oc2ccccc2)cc1. The smallest absolute Gasteiger partial charge is 0.255 e. The van der Waals surface area contributed by atoms with E-state index in [-0.39, 0.29) is 5.91 Å². The second kappa shape index (κ2) is 8.40. The van der Waals surface area contributed by atoms with E-state index >= 15 is 0 Å². The Balaban J connectivity index is 1.75. The van der Waals surface area contributed by atoms with E-state index in [9.17, 15) is 4.79 Å². The number of rotatable bonds is 6. The number of anilines is 1. The molecule has 0 bridgehead atoms. The minimum absolute atomic E-state index is 0.153. The highest BCUT2D eigenvalue weighted by molar-refractivity contribution is 7.97. The quantitative estimate of drug-likeness (QED) is 0.630. The van der Waals surface area contributed by atoms with Crippen LogP contribution in [0, 0.1) is 0 Å². The molecule has 3 aromatic carbocycles. The zero-order valence-corrected chi connectivity index (χ0v) is 14.8. The molecule has 1 N–H and O–H groups in total. The molecule has 0 unspecified atom stereocenters. The Morgan fingerprint density at radius 3 is 2.32 bits per heavy atom. The molecule has 4 heteroatoms. The number of hydrogen-bond acceptors (Lipinski definition) is 3. The topological polar surface area (TPSA) is 38.3 Å². The van der Waals surface area contributed by atoms with E-state index in [1.165, 1.54) is 5.56 Å². The van der Waals surface area contributed by atoms with Crippen molar-refractivity contribution in [2.75, 3.05) is 11.6 Å². The standard InChI is InChI=1S/C21H19NO2S/c1-25-15-16-11-13-17(14-12-16)21(23)22-19-9-5-6-10-20(19)24-18-7-3-2-4-8-18/h2-14H,15H2,1H3,(H,22,23). The van der Waals surface area contributed by atoms with Crippen LogP contribution in [0.25, 0.3) is 0 Å². The molecule has 0 saturated carbocycles. The van der Waals surface area contributed by atoms with E-state index in [0.717, 1.165) is 11.5 Å². The van der Waals surface area contributed by atoms with E-state index in [4.69, 9.17) is 4.74 Å². The zero-order valence-electron chi connectivity index (χ0n) is 13.9. The fraction of sp³-hybridized carbons (Fsp3) is 0.0952. The molecule has 0 aromatic heterocycles. The van der Waals surface area contributed by atoms with Crippen LogP contribution in [0.1, 0.15) is 15.9 Å². The Hall–Kier alpha value is -2.72. The maximum atomic E-state index is 12.5. The van der Waals surface area contributed by atoms with Crippen molar-refractivity contribution in [3.05, 3.63) is 90.0 Å². The summed E-state index contributed by atoms with van der Waals surface area (Å²) in [5, 5.41) is 2.93. The van der Waals surface area contributed by atoms with Crippen molar-refractivity contribution in [1.29, 1.82) is 0 Å². The largest absolute Gasteiger partial charge is 0.455 e. The maximum absolute atomic E-state index is 12.5. The van der Waals surface area contributed by atoms with Gasteiger partial charge in [-0.05, 0) is 48.2 Å². The number of ether oxygens (including phenoxy) is 1. The average molecular weight is 349 g/mol. The van der Waals surface area contributed by atoms with Crippen molar-refractivity contribution in [2.45, 2.75) is 5.75 Å². The first-order valence-corrected chi connectivity index (χ1v) is 9.37. The number of amides is 1. The van der Waals surface area contributed by atoms with Crippen molar-refractivity contribution >= 4 is 23.4 Å². The molecule has 0 radical (unpaired) electrons. The van der Waals surface area contributed by atoms with Gasteiger partial charge in [0.05, 0.1) is 5.69 Å². The van der Waals surface area contributed by atoms with Gasteiger partial charge in [-0.1, -0.05) is 42.5 Å². The first-order valence-electron chi connectivity index (χ1n) is 7.97. The number of nitrogens with one attached hydrogen (secondary N) is 1. The fourth-order valence-electron chi connectivity index (χ4n) is 2.39. The molecule has 0 atom stereocenters. The molecule has 1 amide bonds. The van der Waals surface area contributed by atoms with Gasteiger partial charge >= 0.3 is 0 Å². The van der Waals surface area contributed by atoms with Gasteiger partial charge in [-0.2, -0.15) is 11.8 Å². The third-order valence-corrected chi connectivity index (χ3v) is 4.26. The van der Waals surface area contributed by atoms with Crippen molar-refractivity contribution in [1.82, 2.24) is 0 Å². The molecule has 0 aliphatic heterocycles. The molecule has 3 aromatic rings. The number of hydrogen-bond donors (Lipinski definition) is 1. The van der Waals surface area contributed by atoms with Crippen LogP contribution in [0.5, 0.6) is 11.5 Å². The Morgan fingerprint density at radius 2 is 1.60 bits per heavy atom. The minimum atomic E-state index is -0.153. The van der Waals surface area contributed by atoms with Crippen LogP contribution >= 0.6 is 11.8 Å². The Morgan fingerprint density at radius 1 is 0.920 bits per heavy atom. The molecular formula is C21H19NO2S. The van der Waals surface area contributed by atoms with Crippen molar-refractivity contribution in [2.24, 2.45) is 0 Å². The Labute approximate surface area is 152 Å². The molecule has 0 fully saturated rings. The molecule has 0 aliphatic carbocycles. The molecule has 3 rings (SSSR count). The van der Waals surface area contributed by atoms with Crippen LogP contribution in [0.3, 0.4) is 0 Å². The highest BCUT2D eigenvalue weighted by atomic mass is 32.2. The lowest BCUT2D eigenvalue weighted by molar-refractivity contribution is 0.102. The van der Waals surface area contributed by atoms with Gasteiger partial charge in [0.1, 0.15) is 5.75 Å². The molecule has 3 nitrogen and oxygen atoms in total. The summed E-state index contributed by atoms with van der Waals surface area (Å²) >= 11 is 1.76. The van der Waals surface area contributed by atoms with Crippen LogP contribution in [0.4, 0.5) is 5.69 Å². The lowest BCUT2D eigenvalue weighted by atomic mass is 10.1. The molecule has 25 heavy (non-hydrogen) atoms. The molecule has 0 aliphatic rings. The second-order valence-electron chi connectivity index (χ2n) is 5.50. The van der Waals surface area contributed by atoms with Crippen molar-refractivity contribution in [3.8, 4) is 11.5 Å². The molecule has 0 spiro atoms. The summed E-state index contributed by atoms with van der Waals surface area (Å²) in [4.78, 5) is 12.5. The predicted molar refractivity (Wildman–Crippen MR) is 105 cm³/mol. The summed E-state index contributed by atoms with van der Waals surface area (Å²) in [6, 6.07) is 24.6. The van der Waals surface area contributed by atoms with Gasteiger partial charge in [-0.3, -0.25) is 4.79 Å². The lowest BCUT2D eigenvalue weighted by Crippen LogP contribution is -2.12. The highest BCUT2D eigenvalue weighted by Gasteiger charge is 2.10. The Kier molecular flexibility index (Phi) is 5.75. The zero-order chi connectivity index (χ0) is 17.5. The van der Waals surface area contributed by atoms with Gasteiger partial charge < -0.3 is 10.1 Å². The van der Waals surface area contributed by atoms with Crippen LogP contribution in [0.2, 0.25) is 0 Å². The third-order valence-electron chi connectivity index (χ3n) is 3.63. The molecule has 0 saturated heterocycles. The predicted octanol–water partition coefficient (Wildman–Crippen LogP) is 5.59. The summed E-state index contributed by atoms with van der Waals surface area (Å²) in [6.07, 6.45) is 2.06. The molecule has 0 heterocycles. The number of carbonyl (C=O) groups excluding carboxylic acids is 1. The van der Waals surface area contributed by atoms with Gasteiger partial charge in [-0.15, -0.1) is 0 Å². The van der Waals surface area contributed by atoms with E-state index in [2.05, 4.69) is 11.6 Å². The van der Waals surface area contributed by atoms with E-state index in [1.54, 1.807) is 11.8 Å². The van der Waals surface area contributed by atoms with Gasteiger partial charge in [-0.25, -0.2) is 0 Å². The highest BCUT2D eigenvalue weighted by Crippen LogP contribution is 2.29. The number of carbonyl (C=O) groups is 1. The van der Waals surface area contributed by atoms with Gasteiger partial charge in [0.2, 0.25) is 0 Å². The van der Waals surface area contributed by atoms with Crippen LogP contribution < -0.4 is 10.1 Å². The van der Waals surface area contributed by atoms with Gasteiger partial charge in [0, 0.05) is 11.3 Å². The monoisotopic (exact) mass is 349 g/mol. The number of benzene rings is 3. The summed E-state index contributed by atoms with van der Waals surface area (Å²) in [5.41, 5.74) is 2.47.